The van der Waals surface area contributed by atoms with Gasteiger partial charge in [-0.25, -0.2) is 0 Å². The summed E-state index contributed by atoms with van der Waals surface area (Å²) < 4.78 is 31.7. The van der Waals surface area contributed by atoms with Crippen molar-refractivity contribution in [3.05, 3.63) is 0 Å². The quantitative estimate of drug-likeness (QED) is 0.692. The second-order valence-electron chi connectivity index (χ2n) is 4.77. The molecule has 0 unspecified atom stereocenters. The largest absolute Gasteiger partial charge is 0.469 e. The lowest BCUT2D eigenvalue weighted by Gasteiger charge is -2.34. The molecule has 0 spiro atoms. The lowest BCUT2D eigenvalue weighted by Crippen LogP contribution is -2.49. The van der Waals surface area contributed by atoms with Gasteiger partial charge in [0.15, 0.2) is 0 Å². The van der Waals surface area contributed by atoms with Crippen LogP contribution in [0.1, 0.15) is 25.7 Å². The van der Waals surface area contributed by atoms with E-state index in [2.05, 4.69) is 4.74 Å². The van der Waals surface area contributed by atoms with Crippen LogP contribution in [-0.4, -0.2) is 56.5 Å². The Morgan fingerprint density at radius 2 is 1.89 bits per heavy atom. The molecule has 0 N–H and O–H groups in total. The molecule has 0 amide bonds. The summed E-state index contributed by atoms with van der Waals surface area (Å²) in [6.45, 7) is 1.51. The van der Waals surface area contributed by atoms with Gasteiger partial charge in [-0.05, 0) is 25.7 Å². The molecule has 2 heterocycles. The molecule has 2 fully saturated rings. The molecule has 2 aliphatic rings. The Hall–Kier alpha value is -0.700. The van der Waals surface area contributed by atoms with Crippen LogP contribution in [0.5, 0.6) is 0 Å². The Balaban J connectivity index is 1.94. The summed E-state index contributed by atoms with van der Waals surface area (Å²) in [6.07, 6.45) is 2.70. The van der Waals surface area contributed by atoms with Crippen LogP contribution in [-0.2, 0) is 24.6 Å². The Kier molecular flexibility index (Phi) is 4.77. The van der Waals surface area contributed by atoms with E-state index in [9.17, 15) is 13.2 Å². The first-order valence-corrected chi connectivity index (χ1v) is 7.94. The topological polar surface area (TPSA) is 76.2 Å². The standard InChI is InChI=1S/C11H20N2O5S/c1-17-11(14)10-4-7-12(8-5-10)19(15,16)13-6-2-3-9-18-13/h10H,2-9H2,1H3. The van der Waals surface area contributed by atoms with E-state index in [0.29, 0.717) is 39.1 Å². The van der Waals surface area contributed by atoms with Gasteiger partial charge in [-0.2, -0.15) is 12.7 Å². The van der Waals surface area contributed by atoms with Crippen molar-refractivity contribution in [3.8, 4) is 0 Å². The van der Waals surface area contributed by atoms with Crippen molar-refractivity contribution in [1.82, 2.24) is 8.77 Å². The van der Waals surface area contributed by atoms with Gasteiger partial charge >= 0.3 is 16.2 Å². The Morgan fingerprint density at radius 1 is 1.21 bits per heavy atom. The van der Waals surface area contributed by atoms with Crippen LogP contribution in [0, 0.1) is 5.92 Å². The molecule has 0 aromatic rings. The minimum atomic E-state index is -3.55. The number of carbonyl (C=O) groups is 1. The number of carbonyl (C=O) groups excluding carboxylic acids is 1. The molecule has 7 nitrogen and oxygen atoms in total. The van der Waals surface area contributed by atoms with Crippen molar-refractivity contribution in [2.45, 2.75) is 25.7 Å². The highest BCUT2D eigenvalue weighted by atomic mass is 32.2. The highest BCUT2D eigenvalue weighted by Gasteiger charge is 2.36. The van der Waals surface area contributed by atoms with Crippen molar-refractivity contribution < 1.29 is 22.8 Å². The molecular formula is C11H20N2O5S. The molecule has 0 aromatic carbocycles. The maximum absolute atomic E-state index is 12.3. The average Bonchev–Trinajstić information content (AvgIpc) is 2.47. The van der Waals surface area contributed by atoms with Gasteiger partial charge in [0.25, 0.3) is 0 Å². The second-order valence-corrected chi connectivity index (χ2v) is 6.59. The van der Waals surface area contributed by atoms with E-state index >= 15 is 0 Å². The van der Waals surface area contributed by atoms with Gasteiger partial charge in [-0.3, -0.25) is 9.63 Å². The third-order valence-electron chi connectivity index (χ3n) is 3.54. The molecule has 0 aliphatic carbocycles. The molecule has 0 bridgehead atoms. The van der Waals surface area contributed by atoms with Gasteiger partial charge in [0.1, 0.15) is 0 Å². The first-order chi connectivity index (χ1) is 9.05. The third kappa shape index (κ3) is 3.25. The Bertz CT molecular complexity index is 411. The molecule has 19 heavy (non-hydrogen) atoms. The number of ether oxygens (including phenoxy) is 1. The maximum atomic E-state index is 12.3. The van der Waals surface area contributed by atoms with Crippen LogP contribution in [0.2, 0.25) is 0 Å². The zero-order chi connectivity index (χ0) is 13.9. The van der Waals surface area contributed by atoms with Crippen molar-refractivity contribution in [2.24, 2.45) is 5.92 Å². The number of hydrogen-bond acceptors (Lipinski definition) is 5. The normalized spacial score (nSPS) is 24.3. The number of esters is 1. The van der Waals surface area contributed by atoms with Crippen LogP contribution in [0.4, 0.5) is 0 Å². The highest BCUT2D eigenvalue weighted by molar-refractivity contribution is 7.86. The zero-order valence-corrected chi connectivity index (χ0v) is 11.9. The number of methoxy groups -OCH3 is 1. The van der Waals surface area contributed by atoms with Crippen LogP contribution in [0.25, 0.3) is 0 Å². The van der Waals surface area contributed by atoms with Crippen molar-refractivity contribution >= 4 is 16.2 Å². The van der Waals surface area contributed by atoms with Gasteiger partial charge in [0.2, 0.25) is 0 Å². The van der Waals surface area contributed by atoms with E-state index in [1.165, 1.54) is 11.4 Å². The molecule has 2 aliphatic heterocycles. The van der Waals surface area contributed by atoms with E-state index < -0.39 is 10.2 Å². The lowest BCUT2D eigenvalue weighted by atomic mass is 9.99. The van der Waals surface area contributed by atoms with Gasteiger partial charge in [-0.1, -0.05) is 4.47 Å². The third-order valence-corrected chi connectivity index (χ3v) is 5.36. The molecule has 0 aromatic heterocycles. The molecular weight excluding hydrogens is 272 g/mol. The number of nitrogens with zero attached hydrogens (tertiary/aromatic N) is 2. The summed E-state index contributed by atoms with van der Waals surface area (Å²) in [4.78, 5) is 16.6. The van der Waals surface area contributed by atoms with Gasteiger partial charge in [-0.15, -0.1) is 0 Å². The molecule has 0 atom stereocenters. The number of hydrogen-bond donors (Lipinski definition) is 0. The molecule has 0 saturated carbocycles. The average molecular weight is 292 g/mol. The highest BCUT2D eigenvalue weighted by Crippen LogP contribution is 2.23. The Morgan fingerprint density at radius 3 is 2.42 bits per heavy atom. The molecule has 8 heteroatoms. The Labute approximate surface area is 113 Å². The number of rotatable bonds is 3. The van der Waals surface area contributed by atoms with E-state index in [1.807, 2.05) is 0 Å². The smallest absolute Gasteiger partial charge is 0.308 e. The minimum Gasteiger partial charge on any atom is -0.469 e. The summed E-state index contributed by atoms with van der Waals surface area (Å²) in [5.74, 6) is -0.454. The monoisotopic (exact) mass is 292 g/mol. The molecule has 2 saturated heterocycles. The van der Waals surface area contributed by atoms with Crippen molar-refractivity contribution in [2.75, 3.05) is 33.4 Å². The molecule has 110 valence electrons. The second kappa shape index (κ2) is 6.17. The van der Waals surface area contributed by atoms with Gasteiger partial charge < -0.3 is 4.74 Å². The fraction of sp³-hybridized carbons (Fsp3) is 0.909. The zero-order valence-electron chi connectivity index (χ0n) is 11.1. The van der Waals surface area contributed by atoms with Crippen LogP contribution < -0.4 is 0 Å². The van der Waals surface area contributed by atoms with Gasteiger partial charge in [0, 0.05) is 19.6 Å². The number of piperidine rings is 1. The predicted octanol–water partition coefficient (Wildman–Crippen LogP) is 0.144. The van der Waals surface area contributed by atoms with Crippen LogP contribution in [0.3, 0.4) is 0 Å². The fourth-order valence-corrected chi connectivity index (χ4v) is 3.87. The van der Waals surface area contributed by atoms with E-state index in [1.54, 1.807) is 0 Å². The van der Waals surface area contributed by atoms with Crippen molar-refractivity contribution in [3.63, 3.8) is 0 Å². The van der Waals surface area contributed by atoms with E-state index in [0.717, 1.165) is 17.3 Å². The van der Waals surface area contributed by atoms with Crippen molar-refractivity contribution in [1.29, 1.82) is 0 Å². The summed E-state index contributed by atoms with van der Waals surface area (Å²) in [5.41, 5.74) is 0. The summed E-state index contributed by atoms with van der Waals surface area (Å²) in [5, 5.41) is 0. The first kappa shape index (κ1) is 14.7. The lowest BCUT2D eigenvalue weighted by molar-refractivity contribution is -0.146. The van der Waals surface area contributed by atoms with Crippen LogP contribution in [0.15, 0.2) is 0 Å². The van der Waals surface area contributed by atoms with Crippen LogP contribution >= 0.6 is 0 Å². The first-order valence-electron chi connectivity index (χ1n) is 6.54. The molecule has 0 radical (unpaired) electrons. The predicted molar refractivity (Wildman–Crippen MR) is 67.1 cm³/mol. The summed E-state index contributed by atoms with van der Waals surface area (Å²) >= 11 is 0. The SMILES string of the molecule is COC(=O)C1CCN(S(=O)(=O)N2CCCCO2)CC1. The maximum Gasteiger partial charge on any atom is 0.308 e. The van der Waals surface area contributed by atoms with E-state index in [-0.39, 0.29) is 11.9 Å². The van der Waals surface area contributed by atoms with E-state index in [4.69, 9.17) is 4.84 Å². The minimum absolute atomic E-state index is 0.196. The fourth-order valence-electron chi connectivity index (χ4n) is 2.37. The summed E-state index contributed by atoms with van der Waals surface area (Å²) in [7, 11) is -2.19. The van der Waals surface area contributed by atoms with Gasteiger partial charge in [0.05, 0.1) is 19.6 Å². The number of hydroxylamine groups is 1. The molecule has 2 rings (SSSR count). The summed E-state index contributed by atoms with van der Waals surface area (Å²) in [6, 6.07) is 0.